The number of ketones is 1. The maximum absolute atomic E-state index is 13.2. The highest BCUT2D eigenvalue weighted by Crippen LogP contribution is 2.44. The predicted octanol–water partition coefficient (Wildman–Crippen LogP) is 8.46. The van der Waals surface area contributed by atoms with Crippen LogP contribution < -0.4 is 15.0 Å². The molecule has 2 aromatic carbocycles. The number of benzene rings is 2. The molecule has 6 rings (SSSR count). The van der Waals surface area contributed by atoms with Crippen molar-refractivity contribution in [1.29, 1.82) is 0 Å². The second-order valence-electron chi connectivity index (χ2n) is 11.4. The number of aryl methyl sites for hydroxylation is 1. The predicted molar refractivity (Wildman–Crippen MR) is 179 cm³/mol. The first-order chi connectivity index (χ1) is 21.4. The van der Waals surface area contributed by atoms with Crippen molar-refractivity contribution in [2.24, 2.45) is 0 Å². The minimum absolute atomic E-state index is 0.174. The van der Waals surface area contributed by atoms with Crippen LogP contribution in [-0.2, 0) is 17.6 Å². The number of methoxy groups -OCH3 is 1. The summed E-state index contributed by atoms with van der Waals surface area (Å²) < 4.78 is 5.70. The van der Waals surface area contributed by atoms with Gasteiger partial charge < -0.3 is 15.0 Å². The molecule has 0 bridgehead atoms. The van der Waals surface area contributed by atoms with Gasteiger partial charge in [0.2, 0.25) is 0 Å². The molecule has 0 unspecified atom stereocenters. The summed E-state index contributed by atoms with van der Waals surface area (Å²) in [5.74, 6) is 1.76. The van der Waals surface area contributed by atoms with E-state index in [0.717, 1.165) is 88.1 Å². The van der Waals surface area contributed by atoms with Crippen molar-refractivity contribution in [3.05, 3.63) is 137 Å². The Labute approximate surface area is 259 Å². The molecule has 4 aromatic rings. The van der Waals surface area contributed by atoms with Gasteiger partial charge in [-0.25, -0.2) is 4.98 Å². The monoisotopic (exact) mass is 582 g/mol. The lowest BCUT2D eigenvalue weighted by Gasteiger charge is -2.39. The molecule has 1 aliphatic heterocycles. The van der Waals surface area contributed by atoms with Gasteiger partial charge in [-0.3, -0.25) is 9.78 Å². The molecule has 0 amide bonds. The molecule has 6 nitrogen and oxygen atoms in total. The average Bonchev–Trinajstić information content (AvgIpc) is 3.02. The number of pyridine rings is 2. The van der Waals surface area contributed by atoms with Crippen LogP contribution in [0.25, 0.3) is 10.9 Å². The van der Waals surface area contributed by atoms with Gasteiger partial charge in [0.15, 0.2) is 5.78 Å². The molecule has 0 fully saturated rings. The van der Waals surface area contributed by atoms with E-state index in [-0.39, 0.29) is 5.78 Å². The highest BCUT2D eigenvalue weighted by Gasteiger charge is 2.35. The number of carbonyl (C=O) groups is 1. The maximum Gasteiger partial charge on any atom is 0.164 e. The molecule has 222 valence electrons. The largest absolute Gasteiger partial charge is 0.496 e. The number of rotatable bonds is 9. The Hall–Kier alpha value is -4.97. The van der Waals surface area contributed by atoms with E-state index in [9.17, 15) is 4.79 Å². The number of para-hydroxylation sites is 1. The first-order valence-electron chi connectivity index (χ1n) is 15.3. The lowest BCUT2D eigenvalue weighted by atomic mass is 9.82. The van der Waals surface area contributed by atoms with Gasteiger partial charge in [-0.15, -0.1) is 0 Å². The Kier molecular flexibility index (Phi) is 8.16. The molecule has 0 saturated heterocycles. The molecule has 3 heterocycles. The summed E-state index contributed by atoms with van der Waals surface area (Å²) in [4.78, 5) is 24.7. The van der Waals surface area contributed by atoms with Gasteiger partial charge >= 0.3 is 0 Å². The van der Waals surface area contributed by atoms with Gasteiger partial charge in [-0.05, 0) is 91.3 Å². The van der Waals surface area contributed by atoms with Crippen molar-refractivity contribution in [1.82, 2.24) is 9.97 Å². The summed E-state index contributed by atoms with van der Waals surface area (Å²) in [5, 5.41) is 4.49. The van der Waals surface area contributed by atoms with Gasteiger partial charge in [-0.1, -0.05) is 50.8 Å². The molecule has 0 spiro atoms. The molecular formula is C38H38N4O2. The van der Waals surface area contributed by atoms with E-state index in [0.29, 0.717) is 17.9 Å². The summed E-state index contributed by atoms with van der Waals surface area (Å²) >= 11 is 0. The van der Waals surface area contributed by atoms with E-state index in [1.165, 1.54) is 11.1 Å². The molecule has 0 atom stereocenters. The summed E-state index contributed by atoms with van der Waals surface area (Å²) in [6.07, 6.45) is 8.72. The zero-order valence-electron chi connectivity index (χ0n) is 25.7. The van der Waals surface area contributed by atoms with Crippen LogP contribution in [0.1, 0.15) is 56.2 Å². The fourth-order valence-corrected chi connectivity index (χ4v) is 6.50. The summed E-state index contributed by atoms with van der Waals surface area (Å²) in [6.45, 7) is 13.0. The third-order valence-electron chi connectivity index (χ3n) is 8.53. The third kappa shape index (κ3) is 5.44. The Morgan fingerprint density at radius 3 is 2.59 bits per heavy atom. The minimum atomic E-state index is 0.174. The third-order valence-corrected chi connectivity index (χ3v) is 8.53. The number of fused-ring (bicyclic) bond motifs is 1. The van der Waals surface area contributed by atoms with Crippen LogP contribution in [0.2, 0.25) is 0 Å². The maximum atomic E-state index is 13.2. The Bertz CT molecular complexity index is 1830. The van der Waals surface area contributed by atoms with Gasteiger partial charge in [0.25, 0.3) is 0 Å². The van der Waals surface area contributed by atoms with Crippen LogP contribution >= 0.6 is 0 Å². The van der Waals surface area contributed by atoms with Gasteiger partial charge in [0.1, 0.15) is 11.6 Å². The number of nitrogens with one attached hydrogen (secondary N) is 1. The van der Waals surface area contributed by atoms with Crippen LogP contribution in [-0.4, -0.2) is 22.9 Å². The Morgan fingerprint density at radius 2 is 1.86 bits per heavy atom. The molecule has 44 heavy (non-hydrogen) atoms. The highest BCUT2D eigenvalue weighted by atomic mass is 16.5. The van der Waals surface area contributed by atoms with Crippen LogP contribution in [0.4, 0.5) is 11.5 Å². The number of ether oxygens (including phenoxy) is 1. The molecule has 0 saturated carbocycles. The second-order valence-corrected chi connectivity index (χ2v) is 11.4. The van der Waals surface area contributed by atoms with Gasteiger partial charge in [0, 0.05) is 58.1 Å². The molecular weight excluding hydrogens is 544 g/mol. The fraction of sp³-hybridized carbons (Fsp3) is 0.237. The van der Waals surface area contributed by atoms with Crippen molar-refractivity contribution >= 4 is 28.2 Å². The van der Waals surface area contributed by atoms with E-state index >= 15 is 0 Å². The van der Waals surface area contributed by atoms with Crippen molar-refractivity contribution in [3.63, 3.8) is 0 Å². The number of hydrogen-bond acceptors (Lipinski definition) is 6. The Morgan fingerprint density at radius 1 is 1.05 bits per heavy atom. The molecule has 2 aliphatic rings. The molecule has 2 aromatic heterocycles. The Balaban J connectivity index is 1.25. The van der Waals surface area contributed by atoms with Crippen molar-refractivity contribution in [2.45, 2.75) is 52.4 Å². The van der Waals surface area contributed by atoms with E-state index in [2.05, 4.69) is 71.7 Å². The zero-order chi connectivity index (χ0) is 30.8. The summed E-state index contributed by atoms with van der Waals surface area (Å²) in [6, 6.07) is 20.5. The number of anilines is 2. The van der Waals surface area contributed by atoms with E-state index < -0.39 is 0 Å². The SMILES string of the molecule is C=C(Nc1ccc(Cc2ccnc3cc(CCC)c(OC)cc23)cn1)C1=C(C)C2=C(CCCC2=O)N(c2ccccc2)C1=C. The average molecular weight is 583 g/mol. The highest BCUT2D eigenvalue weighted by molar-refractivity contribution is 6.03. The van der Waals surface area contributed by atoms with Gasteiger partial charge in [-0.2, -0.15) is 0 Å². The zero-order valence-corrected chi connectivity index (χ0v) is 25.7. The van der Waals surface area contributed by atoms with Crippen molar-refractivity contribution < 1.29 is 9.53 Å². The van der Waals surface area contributed by atoms with E-state index in [4.69, 9.17) is 9.72 Å². The fourth-order valence-electron chi connectivity index (χ4n) is 6.50. The molecule has 1 aliphatic carbocycles. The molecule has 6 heteroatoms. The van der Waals surface area contributed by atoms with Crippen LogP contribution in [0.5, 0.6) is 5.75 Å². The van der Waals surface area contributed by atoms with E-state index in [1.54, 1.807) is 7.11 Å². The first kappa shape index (κ1) is 29.1. The van der Waals surface area contributed by atoms with Crippen molar-refractivity contribution in [3.8, 4) is 5.75 Å². The first-order valence-corrected chi connectivity index (χ1v) is 15.3. The summed E-state index contributed by atoms with van der Waals surface area (Å²) in [5.41, 5.74) is 10.4. The summed E-state index contributed by atoms with van der Waals surface area (Å²) in [7, 11) is 1.72. The van der Waals surface area contributed by atoms with E-state index in [1.807, 2.05) is 43.6 Å². The molecule has 0 radical (unpaired) electrons. The smallest absolute Gasteiger partial charge is 0.164 e. The van der Waals surface area contributed by atoms with Crippen LogP contribution in [0, 0.1) is 0 Å². The normalized spacial score (nSPS) is 15.1. The second kappa shape index (κ2) is 12.3. The van der Waals surface area contributed by atoms with Gasteiger partial charge in [0.05, 0.1) is 12.6 Å². The van der Waals surface area contributed by atoms with Crippen LogP contribution in [0.15, 0.2) is 120 Å². The lowest BCUT2D eigenvalue weighted by Crippen LogP contribution is -2.33. The number of carbonyl (C=O) groups excluding carboxylic acids is 1. The number of hydrogen-bond donors (Lipinski definition) is 1. The minimum Gasteiger partial charge on any atom is -0.496 e. The quantitative estimate of drug-likeness (QED) is 0.214. The van der Waals surface area contributed by atoms with Crippen molar-refractivity contribution in [2.75, 3.05) is 17.3 Å². The number of allylic oxidation sites excluding steroid dienone is 3. The topological polar surface area (TPSA) is 67.4 Å². The number of nitrogens with zero attached hydrogens (tertiary/aromatic N) is 3. The number of aromatic nitrogens is 2. The lowest BCUT2D eigenvalue weighted by molar-refractivity contribution is -0.115. The van der Waals surface area contributed by atoms with Crippen LogP contribution in [0.3, 0.4) is 0 Å². The standard InChI is InChI=1S/C38H38N4O2/c1-6-11-29-21-32-31(22-35(29)44-5)28(18-19-39-32)20-27-16-17-36(40-23-27)41-25(3)37-24(2)38-33(14-10-15-34(38)43)42(26(37)4)30-12-8-7-9-13-30/h7-9,12-13,16-19,21-23H,3-4,6,10-11,14-15,20H2,1-2,5H3,(H,40,41). The number of Topliss-reactive ketones (excluding diaryl/α,β-unsaturated/α-hetero) is 1. The molecule has 1 N–H and O–H groups in total.